The van der Waals surface area contributed by atoms with E-state index in [2.05, 4.69) is 24.3 Å². The number of likely N-dealkylation sites (N-methyl/N-ethyl adjacent to an activating group) is 1. The van der Waals surface area contributed by atoms with Crippen molar-refractivity contribution in [2.45, 2.75) is 69.9 Å². The molecule has 2 saturated carbocycles. The fourth-order valence-electron chi connectivity index (χ4n) is 4.32. The SMILES string of the molecule is CNCC1(CN(C)C2CCCCC2O)CCCCC1. The van der Waals surface area contributed by atoms with Crippen LogP contribution in [0.4, 0.5) is 0 Å². The molecular formula is C16H32N2O. The van der Waals surface area contributed by atoms with Crippen LogP contribution in [-0.4, -0.2) is 49.3 Å². The first-order valence-corrected chi connectivity index (χ1v) is 8.20. The second kappa shape index (κ2) is 7.05. The van der Waals surface area contributed by atoms with Crippen LogP contribution in [0.15, 0.2) is 0 Å². The lowest BCUT2D eigenvalue weighted by molar-refractivity contribution is 0.00458. The highest BCUT2D eigenvalue weighted by atomic mass is 16.3. The van der Waals surface area contributed by atoms with Crippen LogP contribution in [-0.2, 0) is 0 Å². The van der Waals surface area contributed by atoms with Gasteiger partial charge in [0.2, 0.25) is 0 Å². The first-order chi connectivity index (χ1) is 9.17. The number of nitrogens with zero attached hydrogens (tertiary/aromatic N) is 1. The average molecular weight is 268 g/mol. The Hall–Kier alpha value is -0.120. The number of aliphatic hydroxyl groups is 1. The van der Waals surface area contributed by atoms with Crippen molar-refractivity contribution in [1.82, 2.24) is 10.2 Å². The molecule has 3 heteroatoms. The van der Waals surface area contributed by atoms with E-state index in [1.165, 1.54) is 51.4 Å². The van der Waals surface area contributed by atoms with Gasteiger partial charge in [-0.05, 0) is 45.2 Å². The number of nitrogens with one attached hydrogen (secondary N) is 1. The van der Waals surface area contributed by atoms with E-state index in [1.807, 2.05) is 0 Å². The highest BCUT2D eigenvalue weighted by Gasteiger charge is 2.36. The maximum Gasteiger partial charge on any atom is 0.0695 e. The van der Waals surface area contributed by atoms with E-state index >= 15 is 0 Å². The fraction of sp³-hybridized carbons (Fsp3) is 1.00. The molecule has 0 radical (unpaired) electrons. The predicted molar refractivity (Wildman–Crippen MR) is 80.3 cm³/mol. The third-order valence-electron chi connectivity index (χ3n) is 5.31. The van der Waals surface area contributed by atoms with Gasteiger partial charge in [-0.3, -0.25) is 0 Å². The molecule has 0 saturated heterocycles. The van der Waals surface area contributed by atoms with Gasteiger partial charge in [0.1, 0.15) is 0 Å². The van der Waals surface area contributed by atoms with Gasteiger partial charge in [-0.2, -0.15) is 0 Å². The highest BCUT2D eigenvalue weighted by Crippen LogP contribution is 2.37. The molecule has 0 aromatic carbocycles. The minimum Gasteiger partial charge on any atom is -0.391 e. The van der Waals surface area contributed by atoms with E-state index in [4.69, 9.17) is 0 Å². The summed E-state index contributed by atoms with van der Waals surface area (Å²) in [5.74, 6) is 0. The van der Waals surface area contributed by atoms with Gasteiger partial charge in [-0.1, -0.05) is 32.1 Å². The summed E-state index contributed by atoms with van der Waals surface area (Å²) in [7, 11) is 4.30. The molecule has 2 rings (SSSR count). The first-order valence-electron chi connectivity index (χ1n) is 8.20. The Morgan fingerprint density at radius 1 is 1.11 bits per heavy atom. The van der Waals surface area contributed by atoms with Crippen molar-refractivity contribution in [2.75, 3.05) is 27.2 Å². The predicted octanol–water partition coefficient (Wildman–Crippen LogP) is 2.39. The Bertz CT molecular complexity index is 258. The molecular weight excluding hydrogens is 236 g/mol. The normalized spacial score (nSPS) is 31.6. The molecule has 0 bridgehead atoms. The monoisotopic (exact) mass is 268 g/mol. The summed E-state index contributed by atoms with van der Waals surface area (Å²) in [4.78, 5) is 2.46. The van der Waals surface area contributed by atoms with Gasteiger partial charge in [0.25, 0.3) is 0 Å². The van der Waals surface area contributed by atoms with Gasteiger partial charge in [0.15, 0.2) is 0 Å². The van der Waals surface area contributed by atoms with E-state index in [-0.39, 0.29) is 6.10 Å². The van der Waals surface area contributed by atoms with Crippen molar-refractivity contribution in [2.24, 2.45) is 5.41 Å². The van der Waals surface area contributed by atoms with Crippen molar-refractivity contribution < 1.29 is 5.11 Å². The molecule has 0 aromatic heterocycles. The second-order valence-electron chi connectivity index (χ2n) is 6.93. The van der Waals surface area contributed by atoms with Crippen LogP contribution in [0.5, 0.6) is 0 Å². The Balaban J connectivity index is 1.95. The average Bonchev–Trinajstić information content (AvgIpc) is 2.40. The molecule has 3 nitrogen and oxygen atoms in total. The molecule has 2 N–H and O–H groups in total. The Labute approximate surface area is 118 Å². The molecule has 2 atom stereocenters. The van der Waals surface area contributed by atoms with Crippen molar-refractivity contribution in [3.05, 3.63) is 0 Å². The number of hydrogen-bond acceptors (Lipinski definition) is 3. The van der Waals surface area contributed by atoms with E-state index in [0.717, 1.165) is 19.5 Å². The molecule has 0 aliphatic heterocycles. The lowest BCUT2D eigenvalue weighted by Crippen LogP contribution is -2.50. The van der Waals surface area contributed by atoms with Gasteiger partial charge < -0.3 is 15.3 Å². The summed E-state index contributed by atoms with van der Waals surface area (Å²) in [5.41, 5.74) is 0.443. The van der Waals surface area contributed by atoms with E-state index < -0.39 is 0 Å². The van der Waals surface area contributed by atoms with Crippen LogP contribution in [0.1, 0.15) is 57.8 Å². The van der Waals surface area contributed by atoms with E-state index in [1.54, 1.807) is 0 Å². The van der Waals surface area contributed by atoms with E-state index in [0.29, 0.717) is 11.5 Å². The third kappa shape index (κ3) is 3.93. The minimum absolute atomic E-state index is 0.103. The molecule has 2 fully saturated rings. The summed E-state index contributed by atoms with van der Waals surface area (Å²) in [6.07, 6.45) is 11.4. The fourth-order valence-corrected chi connectivity index (χ4v) is 4.32. The molecule has 0 amide bonds. The van der Waals surface area contributed by atoms with Crippen LogP contribution in [0.25, 0.3) is 0 Å². The zero-order valence-electron chi connectivity index (χ0n) is 12.8. The lowest BCUT2D eigenvalue weighted by Gasteiger charge is -2.44. The van der Waals surface area contributed by atoms with Gasteiger partial charge in [0, 0.05) is 19.1 Å². The first kappa shape index (κ1) is 15.3. The number of aliphatic hydroxyl groups excluding tert-OH is 1. The zero-order chi connectivity index (χ0) is 13.7. The summed E-state index contributed by atoms with van der Waals surface area (Å²) in [5, 5.41) is 13.6. The third-order valence-corrected chi connectivity index (χ3v) is 5.31. The smallest absolute Gasteiger partial charge is 0.0695 e. The van der Waals surface area contributed by atoms with Crippen LogP contribution in [0, 0.1) is 5.41 Å². The summed E-state index contributed by atoms with van der Waals surface area (Å²) in [6, 6.07) is 0.393. The van der Waals surface area contributed by atoms with Gasteiger partial charge in [0.05, 0.1) is 6.10 Å². The molecule has 112 valence electrons. The Morgan fingerprint density at radius 3 is 2.42 bits per heavy atom. The second-order valence-corrected chi connectivity index (χ2v) is 6.93. The van der Waals surface area contributed by atoms with Crippen molar-refractivity contribution in [3.63, 3.8) is 0 Å². The van der Waals surface area contributed by atoms with E-state index in [9.17, 15) is 5.11 Å². The quantitative estimate of drug-likeness (QED) is 0.803. The molecule has 19 heavy (non-hydrogen) atoms. The molecule has 2 aliphatic rings. The van der Waals surface area contributed by atoms with Gasteiger partial charge in [-0.15, -0.1) is 0 Å². The lowest BCUT2D eigenvalue weighted by atomic mass is 9.73. The van der Waals surface area contributed by atoms with Crippen molar-refractivity contribution in [3.8, 4) is 0 Å². The van der Waals surface area contributed by atoms with Crippen LogP contribution in [0.2, 0.25) is 0 Å². The largest absolute Gasteiger partial charge is 0.391 e. The summed E-state index contributed by atoms with van der Waals surface area (Å²) in [6.45, 7) is 2.27. The molecule has 0 aromatic rings. The van der Waals surface area contributed by atoms with Crippen LogP contribution in [0.3, 0.4) is 0 Å². The Morgan fingerprint density at radius 2 is 1.79 bits per heavy atom. The summed E-state index contributed by atoms with van der Waals surface area (Å²) >= 11 is 0. The van der Waals surface area contributed by atoms with Gasteiger partial charge in [-0.25, -0.2) is 0 Å². The molecule has 2 aliphatic carbocycles. The Kier molecular flexibility index (Phi) is 5.67. The molecule has 2 unspecified atom stereocenters. The van der Waals surface area contributed by atoms with Gasteiger partial charge >= 0.3 is 0 Å². The maximum atomic E-state index is 10.2. The summed E-state index contributed by atoms with van der Waals surface area (Å²) < 4.78 is 0. The van der Waals surface area contributed by atoms with Crippen LogP contribution >= 0.6 is 0 Å². The number of hydrogen-bond donors (Lipinski definition) is 2. The molecule has 0 heterocycles. The topological polar surface area (TPSA) is 35.5 Å². The maximum absolute atomic E-state index is 10.2. The van der Waals surface area contributed by atoms with Crippen molar-refractivity contribution in [1.29, 1.82) is 0 Å². The zero-order valence-corrected chi connectivity index (χ0v) is 12.8. The minimum atomic E-state index is -0.103. The highest BCUT2D eigenvalue weighted by molar-refractivity contribution is 4.90. The molecule has 0 spiro atoms. The van der Waals surface area contributed by atoms with Crippen LogP contribution < -0.4 is 5.32 Å². The van der Waals surface area contributed by atoms with Crippen molar-refractivity contribution >= 4 is 0 Å². The number of rotatable bonds is 5. The standard InChI is InChI=1S/C16H32N2O/c1-17-12-16(10-6-3-7-11-16)13-18(2)14-8-4-5-9-15(14)19/h14-15,17,19H,3-13H2,1-2H3.